The smallest absolute Gasteiger partial charge is 0.416 e. The van der Waals surface area contributed by atoms with Gasteiger partial charge in [0, 0.05) is 11.5 Å². The third-order valence-corrected chi connectivity index (χ3v) is 5.39. The molecule has 2 N–H and O–H groups in total. The number of carboxylic acids is 1. The number of carboxylic acid groups (broad SMARTS) is 1. The predicted molar refractivity (Wildman–Crippen MR) is 101 cm³/mol. The zero-order valence-corrected chi connectivity index (χ0v) is 16.4. The van der Waals surface area contributed by atoms with Crippen LogP contribution in [0.2, 0.25) is 0 Å². The molecule has 0 aliphatic heterocycles. The summed E-state index contributed by atoms with van der Waals surface area (Å²) in [5.41, 5.74) is -0.440. The van der Waals surface area contributed by atoms with E-state index < -0.39 is 47.6 Å². The maximum Gasteiger partial charge on any atom is 0.416 e. The largest absolute Gasteiger partial charge is 0.481 e. The number of hydrogen-bond acceptors (Lipinski definition) is 3. The van der Waals surface area contributed by atoms with Gasteiger partial charge in [0.25, 0.3) is 0 Å². The molecule has 3 rings (SSSR count). The van der Waals surface area contributed by atoms with Crippen molar-refractivity contribution in [3.8, 4) is 0 Å². The Kier molecular flexibility index (Phi) is 6.67. The molecular weight excluding hydrogens is 404 g/mol. The number of benzene rings is 1. The van der Waals surface area contributed by atoms with Crippen LogP contribution >= 0.6 is 0 Å². The third-order valence-electron chi connectivity index (χ3n) is 5.39. The van der Waals surface area contributed by atoms with Crippen LogP contribution in [0.25, 0.3) is 0 Å². The molecule has 2 aliphatic rings. The van der Waals surface area contributed by atoms with E-state index in [9.17, 15) is 32.6 Å². The summed E-state index contributed by atoms with van der Waals surface area (Å²) >= 11 is 0. The minimum absolute atomic E-state index is 0.0765. The van der Waals surface area contributed by atoms with Crippen LogP contribution in [0.5, 0.6) is 0 Å². The first-order chi connectivity index (χ1) is 14.1. The van der Waals surface area contributed by atoms with Crippen molar-refractivity contribution in [1.29, 1.82) is 0 Å². The number of aliphatic hydroxyl groups is 1. The summed E-state index contributed by atoms with van der Waals surface area (Å²) in [6.07, 6.45) is -1.67. The number of allylic oxidation sites excluding steroid dienone is 1. The number of halogens is 4. The highest BCUT2D eigenvalue weighted by molar-refractivity contribution is 5.75. The van der Waals surface area contributed by atoms with Gasteiger partial charge in [-0.1, -0.05) is 12.1 Å². The summed E-state index contributed by atoms with van der Waals surface area (Å²) in [6, 6.07) is 4.44. The molecule has 4 unspecified atom stereocenters. The van der Waals surface area contributed by atoms with Gasteiger partial charge >= 0.3 is 12.1 Å². The van der Waals surface area contributed by atoms with E-state index in [2.05, 4.69) is 0 Å². The van der Waals surface area contributed by atoms with Crippen molar-refractivity contribution >= 4 is 5.97 Å². The molecule has 0 radical (unpaired) electrons. The highest BCUT2D eigenvalue weighted by Gasteiger charge is 2.36. The Morgan fingerprint density at radius 2 is 1.83 bits per heavy atom. The molecule has 1 aromatic carbocycles. The molecular formula is C22H24F4O4. The van der Waals surface area contributed by atoms with Gasteiger partial charge in [0.15, 0.2) is 0 Å². The Bertz CT molecular complexity index is 823. The van der Waals surface area contributed by atoms with E-state index in [1.54, 1.807) is 0 Å². The van der Waals surface area contributed by atoms with E-state index in [1.165, 1.54) is 31.2 Å². The van der Waals surface area contributed by atoms with Gasteiger partial charge in [-0.25, -0.2) is 4.39 Å². The van der Waals surface area contributed by atoms with Gasteiger partial charge in [-0.05, 0) is 62.0 Å². The second kappa shape index (κ2) is 8.89. The van der Waals surface area contributed by atoms with Crippen molar-refractivity contribution in [2.45, 2.75) is 50.5 Å². The molecule has 8 heteroatoms. The quantitative estimate of drug-likeness (QED) is 0.581. The van der Waals surface area contributed by atoms with Crippen LogP contribution in [0, 0.1) is 11.8 Å². The molecule has 0 saturated heterocycles. The van der Waals surface area contributed by atoms with Crippen LogP contribution in [-0.2, 0) is 15.7 Å². The Morgan fingerprint density at radius 3 is 2.33 bits per heavy atom. The summed E-state index contributed by atoms with van der Waals surface area (Å²) in [5.74, 6) is -3.57. The van der Waals surface area contributed by atoms with Crippen LogP contribution in [0.3, 0.4) is 0 Å². The number of aliphatic hydroxyl groups excluding tert-OH is 1. The van der Waals surface area contributed by atoms with Crippen molar-refractivity contribution in [3.63, 3.8) is 0 Å². The second-order valence-corrected chi connectivity index (χ2v) is 8.00. The SMILES string of the molecule is CC(O)CC(C(=O)O)C1=CC(OCC2CC2)C(c2ccc(C(F)(F)F)cc2)C=C1F. The van der Waals surface area contributed by atoms with Gasteiger partial charge in [-0.15, -0.1) is 0 Å². The number of carbonyl (C=O) groups is 1. The first-order valence-electron chi connectivity index (χ1n) is 9.85. The highest BCUT2D eigenvalue weighted by Crippen LogP contribution is 2.40. The van der Waals surface area contributed by atoms with Crippen LogP contribution < -0.4 is 0 Å². The van der Waals surface area contributed by atoms with E-state index in [0.717, 1.165) is 25.0 Å². The highest BCUT2D eigenvalue weighted by atomic mass is 19.4. The van der Waals surface area contributed by atoms with E-state index in [4.69, 9.17) is 4.74 Å². The number of aliphatic carboxylic acids is 1. The second-order valence-electron chi connectivity index (χ2n) is 8.00. The zero-order chi connectivity index (χ0) is 22.1. The van der Waals surface area contributed by atoms with Gasteiger partial charge < -0.3 is 14.9 Å². The molecule has 1 fully saturated rings. The normalized spacial score (nSPS) is 24.1. The van der Waals surface area contributed by atoms with Crippen LogP contribution in [0.1, 0.15) is 43.2 Å². The van der Waals surface area contributed by atoms with E-state index in [1.807, 2.05) is 0 Å². The van der Waals surface area contributed by atoms with Gasteiger partial charge in [0.1, 0.15) is 5.83 Å². The molecule has 0 bridgehead atoms. The molecule has 0 aromatic heterocycles. The van der Waals surface area contributed by atoms with E-state index in [0.29, 0.717) is 18.1 Å². The molecule has 4 nitrogen and oxygen atoms in total. The lowest BCUT2D eigenvalue weighted by Gasteiger charge is -2.30. The fraction of sp³-hybridized carbons (Fsp3) is 0.500. The minimum Gasteiger partial charge on any atom is -0.481 e. The molecule has 0 spiro atoms. The van der Waals surface area contributed by atoms with Gasteiger partial charge in [0.2, 0.25) is 0 Å². The van der Waals surface area contributed by atoms with Crippen molar-refractivity contribution in [2.75, 3.05) is 6.61 Å². The fourth-order valence-corrected chi connectivity index (χ4v) is 3.56. The number of rotatable bonds is 8. The van der Waals surface area contributed by atoms with Crippen molar-refractivity contribution in [2.24, 2.45) is 11.8 Å². The fourth-order valence-electron chi connectivity index (χ4n) is 3.56. The average molecular weight is 428 g/mol. The van der Waals surface area contributed by atoms with E-state index in [-0.39, 0.29) is 12.0 Å². The lowest BCUT2D eigenvalue weighted by molar-refractivity contribution is -0.141. The van der Waals surface area contributed by atoms with Gasteiger partial charge in [-0.3, -0.25) is 4.79 Å². The summed E-state index contributed by atoms with van der Waals surface area (Å²) in [7, 11) is 0. The number of ether oxygens (including phenoxy) is 1. The molecule has 2 aliphatic carbocycles. The molecule has 0 amide bonds. The Labute approximate surface area is 171 Å². The summed E-state index contributed by atoms with van der Waals surface area (Å²) in [5, 5.41) is 19.1. The molecule has 164 valence electrons. The van der Waals surface area contributed by atoms with Crippen LogP contribution in [0.4, 0.5) is 17.6 Å². The van der Waals surface area contributed by atoms with Crippen molar-refractivity contribution < 1.29 is 37.3 Å². The first kappa shape index (κ1) is 22.5. The third kappa shape index (κ3) is 5.49. The van der Waals surface area contributed by atoms with Crippen LogP contribution in [0.15, 0.2) is 47.8 Å². The topological polar surface area (TPSA) is 66.8 Å². The molecule has 0 heterocycles. The summed E-state index contributed by atoms with van der Waals surface area (Å²) in [6.45, 7) is 1.84. The zero-order valence-electron chi connectivity index (χ0n) is 16.4. The lowest BCUT2D eigenvalue weighted by atomic mass is 9.81. The molecule has 30 heavy (non-hydrogen) atoms. The van der Waals surface area contributed by atoms with Crippen molar-refractivity contribution in [1.82, 2.24) is 0 Å². The van der Waals surface area contributed by atoms with Crippen molar-refractivity contribution in [3.05, 3.63) is 58.9 Å². The maximum atomic E-state index is 14.9. The Morgan fingerprint density at radius 1 is 1.20 bits per heavy atom. The molecule has 1 aromatic rings. The van der Waals surface area contributed by atoms with Crippen LogP contribution in [-0.4, -0.2) is 35.0 Å². The lowest BCUT2D eigenvalue weighted by Crippen LogP contribution is -2.29. The number of alkyl halides is 3. The Balaban J connectivity index is 1.91. The molecule has 4 atom stereocenters. The van der Waals surface area contributed by atoms with E-state index >= 15 is 0 Å². The average Bonchev–Trinajstić information content (AvgIpc) is 3.48. The molecule has 1 saturated carbocycles. The Hall–Kier alpha value is -2.19. The standard InChI is InChI=1S/C22H24F4O4/c1-12(27)8-18(21(28)29)17-10-20(30-11-13-2-3-13)16(9-19(17)23)14-4-6-15(7-5-14)22(24,25)26/h4-7,9-10,12-13,16,18,20,27H,2-3,8,11H2,1H3,(H,28,29). The van der Waals surface area contributed by atoms with Gasteiger partial charge in [-0.2, -0.15) is 13.2 Å². The maximum absolute atomic E-state index is 14.9. The predicted octanol–water partition coefficient (Wildman–Crippen LogP) is 4.85. The summed E-state index contributed by atoms with van der Waals surface area (Å²) in [4.78, 5) is 11.7. The monoisotopic (exact) mass is 428 g/mol. The number of hydrogen-bond donors (Lipinski definition) is 2. The summed E-state index contributed by atoms with van der Waals surface area (Å²) < 4.78 is 59.4. The first-order valence-corrected chi connectivity index (χ1v) is 9.85. The minimum atomic E-state index is -4.48. The van der Waals surface area contributed by atoms with Gasteiger partial charge in [0.05, 0.1) is 30.3 Å².